The average molecular weight is 1070 g/mol. The molecular weight excluding hydrogens is 947 g/mol. The molecule has 0 aromatic carbocycles. The number of aliphatic carboxylic acids is 1. The summed E-state index contributed by atoms with van der Waals surface area (Å²) in [6, 6.07) is 0. The molecule has 0 saturated heterocycles. The number of nitrogens with zero attached hydrogens (tertiary/aromatic N) is 1. The molecule has 0 spiro atoms. The first kappa shape index (κ1) is 73.0. The molecule has 0 bridgehead atoms. The first-order valence-electron chi connectivity index (χ1n) is 31.9. The number of carboxylic acids is 1. The zero-order valence-electron chi connectivity index (χ0n) is 50.4. The van der Waals surface area contributed by atoms with Crippen LogP contribution in [0.25, 0.3) is 0 Å². The number of carbonyl (C=O) groups is 3. The van der Waals surface area contributed by atoms with Crippen molar-refractivity contribution in [2.75, 3.05) is 47.5 Å². The number of unbranched alkanes of at least 4 members (excludes halogenated alkanes) is 34. The molecule has 0 aromatic heterocycles. The molecule has 0 aliphatic carbocycles. The van der Waals surface area contributed by atoms with Crippen LogP contribution in [0.5, 0.6) is 0 Å². The molecule has 0 aliphatic heterocycles. The highest BCUT2D eigenvalue weighted by molar-refractivity contribution is 5.70. The monoisotopic (exact) mass is 1070 g/mol. The summed E-state index contributed by atoms with van der Waals surface area (Å²) in [5.74, 6) is -2.28. The van der Waals surface area contributed by atoms with Gasteiger partial charge in [-0.2, -0.15) is 0 Å². The van der Waals surface area contributed by atoms with Crippen LogP contribution in [-0.2, 0) is 33.3 Å². The molecule has 0 amide bonds. The maximum atomic E-state index is 12.9. The zero-order valence-corrected chi connectivity index (χ0v) is 50.4. The summed E-state index contributed by atoms with van der Waals surface area (Å²) in [4.78, 5) is 37.3. The maximum Gasteiger partial charge on any atom is 0.306 e. The number of ether oxygens (including phenoxy) is 4. The number of likely N-dealkylation sites (N-methyl/N-ethyl adjacent to an activating group) is 1. The summed E-state index contributed by atoms with van der Waals surface area (Å²) in [6.07, 6.45) is 71.6. The van der Waals surface area contributed by atoms with E-state index in [1.165, 1.54) is 180 Å². The molecule has 76 heavy (non-hydrogen) atoms. The lowest BCUT2D eigenvalue weighted by atomic mass is 10.0. The number of allylic oxidation sites excluding steroid dienone is 10. The zero-order chi connectivity index (χ0) is 55.5. The van der Waals surface area contributed by atoms with Crippen molar-refractivity contribution < 1.29 is 42.9 Å². The van der Waals surface area contributed by atoms with E-state index in [2.05, 4.69) is 74.6 Å². The quantitative estimate of drug-likeness (QED) is 0.0195. The van der Waals surface area contributed by atoms with Gasteiger partial charge in [0.05, 0.1) is 40.3 Å². The van der Waals surface area contributed by atoms with E-state index in [1.54, 1.807) is 0 Å². The second kappa shape index (κ2) is 58.1. The fourth-order valence-corrected chi connectivity index (χ4v) is 9.11. The van der Waals surface area contributed by atoms with Crippen molar-refractivity contribution >= 4 is 17.9 Å². The molecule has 2 atom stereocenters. The maximum absolute atomic E-state index is 12.9. The van der Waals surface area contributed by atoms with E-state index in [0.717, 1.165) is 77.0 Å². The number of hydrogen-bond acceptors (Lipinski definition) is 8. The van der Waals surface area contributed by atoms with Crippen LogP contribution in [0.2, 0.25) is 0 Å². The van der Waals surface area contributed by atoms with Gasteiger partial charge in [-0.15, -0.1) is 0 Å². The Labute approximate surface area is 469 Å². The Morgan fingerprint density at radius 2 is 0.750 bits per heavy atom. The van der Waals surface area contributed by atoms with E-state index >= 15 is 0 Å². The van der Waals surface area contributed by atoms with Gasteiger partial charge in [0.1, 0.15) is 13.2 Å². The smallest absolute Gasteiger partial charge is 0.306 e. The molecule has 0 saturated carbocycles. The molecule has 0 heterocycles. The van der Waals surface area contributed by atoms with Crippen molar-refractivity contribution in [2.24, 2.45) is 0 Å². The van der Waals surface area contributed by atoms with Gasteiger partial charge in [-0.3, -0.25) is 9.59 Å². The molecule has 9 nitrogen and oxygen atoms in total. The summed E-state index contributed by atoms with van der Waals surface area (Å²) < 4.78 is 22.7. The summed E-state index contributed by atoms with van der Waals surface area (Å²) in [5.41, 5.74) is 0. The molecule has 0 rings (SSSR count). The van der Waals surface area contributed by atoms with E-state index in [-0.39, 0.29) is 38.6 Å². The van der Waals surface area contributed by atoms with Gasteiger partial charge in [0, 0.05) is 12.8 Å². The van der Waals surface area contributed by atoms with Crippen molar-refractivity contribution in [3.8, 4) is 0 Å². The average Bonchev–Trinajstić information content (AvgIpc) is 3.39. The minimum atomic E-state index is -1.62. The van der Waals surface area contributed by atoms with Crippen molar-refractivity contribution in [2.45, 2.75) is 302 Å². The second-order valence-corrected chi connectivity index (χ2v) is 22.7. The Balaban J connectivity index is 3.98. The van der Waals surface area contributed by atoms with Crippen LogP contribution in [0.1, 0.15) is 290 Å². The number of rotatable bonds is 59. The Bertz CT molecular complexity index is 1430. The highest BCUT2D eigenvalue weighted by Gasteiger charge is 2.22. The number of carbonyl (C=O) groups excluding carboxylic acids is 3. The number of carboxylic acid groups (broad SMARTS) is 1. The third-order valence-electron chi connectivity index (χ3n) is 14.0. The van der Waals surface area contributed by atoms with Gasteiger partial charge in [0.15, 0.2) is 12.4 Å². The molecule has 0 N–H and O–H groups in total. The Kier molecular flexibility index (Phi) is 55.8. The molecule has 442 valence electrons. The third kappa shape index (κ3) is 58.7. The van der Waals surface area contributed by atoms with Crippen LogP contribution < -0.4 is 5.11 Å². The van der Waals surface area contributed by atoms with Gasteiger partial charge >= 0.3 is 11.9 Å². The fraction of sp³-hybridized carbons (Fsp3) is 0.806. The summed E-state index contributed by atoms with van der Waals surface area (Å²) >= 11 is 0. The Morgan fingerprint density at radius 3 is 1.13 bits per heavy atom. The van der Waals surface area contributed by atoms with Crippen LogP contribution >= 0.6 is 0 Å². The first-order chi connectivity index (χ1) is 37.1. The normalized spacial score (nSPS) is 13.1. The highest BCUT2D eigenvalue weighted by Crippen LogP contribution is 2.17. The standard InChI is InChI=1S/C67H121NO8/c1-6-8-10-12-14-16-18-20-22-23-24-25-26-27-28-29-30-31-32-33-34-35-36-37-38-39-40-41-42-43-44-46-48-50-52-54-56-58-65(70)76-63(62-75-67(66(71)72)73-60-59-68(3,4)5)61-74-64(69)57-55-53-51-49-47-45-21-19-17-15-13-11-9-7-2/h8,10,14,16,19-22,24-25,63,67H,6-7,9,11-13,15,17-18,23,26-62H2,1-5H3/b10-8-,16-14-,21-19-,22-20-,25-24-. The number of quaternary nitrogens is 1. The summed E-state index contributed by atoms with van der Waals surface area (Å²) in [6.45, 7) is 4.64. The predicted molar refractivity (Wildman–Crippen MR) is 320 cm³/mol. The van der Waals surface area contributed by atoms with Gasteiger partial charge in [-0.1, -0.05) is 261 Å². The molecule has 0 radical (unpaired) electrons. The lowest BCUT2D eigenvalue weighted by molar-refractivity contribution is -0.870. The first-order valence-corrected chi connectivity index (χ1v) is 31.9. The van der Waals surface area contributed by atoms with Crippen LogP contribution in [0, 0.1) is 0 Å². The summed E-state index contributed by atoms with van der Waals surface area (Å²) in [5, 5.41) is 11.8. The summed E-state index contributed by atoms with van der Waals surface area (Å²) in [7, 11) is 5.93. The van der Waals surface area contributed by atoms with Crippen molar-refractivity contribution in [3.63, 3.8) is 0 Å². The lowest BCUT2D eigenvalue weighted by Crippen LogP contribution is -2.44. The van der Waals surface area contributed by atoms with Crippen molar-refractivity contribution in [1.29, 1.82) is 0 Å². The molecular formula is C67H121NO8. The van der Waals surface area contributed by atoms with Gasteiger partial charge in [-0.05, 0) is 77.0 Å². The van der Waals surface area contributed by atoms with Crippen LogP contribution in [0.3, 0.4) is 0 Å². The third-order valence-corrected chi connectivity index (χ3v) is 14.0. The number of esters is 2. The minimum Gasteiger partial charge on any atom is -0.545 e. The molecule has 0 aliphatic rings. The highest BCUT2D eigenvalue weighted by atomic mass is 16.7. The van der Waals surface area contributed by atoms with Crippen LogP contribution in [-0.4, -0.2) is 82.3 Å². The Hall–Kier alpha value is -3.01. The van der Waals surface area contributed by atoms with E-state index in [0.29, 0.717) is 17.4 Å². The Morgan fingerprint density at radius 1 is 0.408 bits per heavy atom. The van der Waals surface area contributed by atoms with Crippen molar-refractivity contribution in [3.05, 3.63) is 60.8 Å². The largest absolute Gasteiger partial charge is 0.545 e. The van der Waals surface area contributed by atoms with E-state index in [1.807, 2.05) is 21.1 Å². The molecule has 2 unspecified atom stereocenters. The van der Waals surface area contributed by atoms with Gasteiger partial charge < -0.3 is 33.3 Å². The van der Waals surface area contributed by atoms with Crippen LogP contribution in [0.15, 0.2) is 60.8 Å². The van der Waals surface area contributed by atoms with Gasteiger partial charge in [0.2, 0.25) is 0 Å². The van der Waals surface area contributed by atoms with Gasteiger partial charge in [0.25, 0.3) is 0 Å². The van der Waals surface area contributed by atoms with E-state index in [9.17, 15) is 19.5 Å². The van der Waals surface area contributed by atoms with Crippen molar-refractivity contribution in [1.82, 2.24) is 0 Å². The fourth-order valence-electron chi connectivity index (χ4n) is 9.11. The van der Waals surface area contributed by atoms with E-state index in [4.69, 9.17) is 18.9 Å². The molecule has 9 heteroatoms. The lowest BCUT2D eigenvalue weighted by Gasteiger charge is -2.26. The van der Waals surface area contributed by atoms with Gasteiger partial charge in [-0.25, -0.2) is 0 Å². The second-order valence-electron chi connectivity index (χ2n) is 22.7. The molecule has 0 aromatic rings. The minimum absolute atomic E-state index is 0.147. The molecule has 0 fully saturated rings. The van der Waals surface area contributed by atoms with Crippen LogP contribution in [0.4, 0.5) is 0 Å². The SMILES string of the molecule is CC/C=C\C/C=C\C/C=C\C/C=C\CCCCCCCCCCCCCCCCCCCCCCCCCCC(=O)OC(COC(=O)CCCCCCC/C=C\CCCCCCC)COC(OCC[N+](C)(C)C)C(=O)[O-]. The van der Waals surface area contributed by atoms with E-state index < -0.39 is 24.3 Å². The number of hydrogen-bond donors (Lipinski definition) is 0. The topological polar surface area (TPSA) is 111 Å². The predicted octanol–water partition coefficient (Wildman–Crippen LogP) is 17.9.